The van der Waals surface area contributed by atoms with Gasteiger partial charge in [-0.25, -0.2) is 4.98 Å². The summed E-state index contributed by atoms with van der Waals surface area (Å²) in [6, 6.07) is 15.2. The first-order chi connectivity index (χ1) is 16.1. The molecule has 8 heteroatoms. The van der Waals surface area contributed by atoms with Crippen molar-refractivity contribution in [2.24, 2.45) is 0 Å². The summed E-state index contributed by atoms with van der Waals surface area (Å²) < 4.78 is 5.65. The molecule has 1 aliphatic heterocycles. The molecule has 2 heterocycles. The van der Waals surface area contributed by atoms with Crippen LogP contribution >= 0.6 is 11.6 Å². The molecule has 7 nitrogen and oxygen atoms in total. The van der Waals surface area contributed by atoms with E-state index in [2.05, 4.69) is 38.0 Å². The number of hydrogen-bond acceptors (Lipinski definition) is 6. The maximum atomic E-state index is 12.2. The molecule has 172 valence electrons. The third-order valence-electron chi connectivity index (χ3n) is 5.69. The predicted molar refractivity (Wildman–Crippen MR) is 135 cm³/mol. The molecule has 1 aromatic heterocycles. The van der Waals surface area contributed by atoms with E-state index in [0.717, 1.165) is 30.2 Å². The van der Waals surface area contributed by atoms with Crippen molar-refractivity contribution in [3.63, 3.8) is 0 Å². The molecule has 0 spiro atoms. The Labute approximate surface area is 199 Å². The van der Waals surface area contributed by atoms with Crippen LogP contribution in [0.5, 0.6) is 5.75 Å². The smallest absolute Gasteiger partial charge is 0.253 e. The fourth-order valence-corrected chi connectivity index (χ4v) is 4.09. The summed E-state index contributed by atoms with van der Waals surface area (Å²) in [6.07, 6.45) is 5.30. The summed E-state index contributed by atoms with van der Waals surface area (Å²) in [7, 11) is 3.27. The zero-order valence-corrected chi connectivity index (χ0v) is 19.6. The van der Waals surface area contributed by atoms with E-state index in [0.29, 0.717) is 27.8 Å². The number of halogens is 1. The molecule has 4 rings (SSSR count). The summed E-state index contributed by atoms with van der Waals surface area (Å²) in [4.78, 5) is 19.0. The third kappa shape index (κ3) is 5.31. The van der Waals surface area contributed by atoms with Crippen LogP contribution in [0.2, 0.25) is 5.02 Å². The number of piperidine rings is 1. The lowest BCUT2D eigenvalue weighted by Gasteiger charge is -2.29. The number of pyridine rings is 1. The minimum absolute atomic E-state index is 0.180. The van der Waals surface area contributed by atoms with Crippen LogP contribution in [0.1, 0.15) is 29.6 Å². The average Bonchev–Trinajstić information content (AvgIpc) is 2.86. The highest BCUT2D eigenvalue weighted by Gasteiger charge is 2.15. The van der Waals surface area contributed by atoms with Gasteiger partial charge in [0.1, 0.15) is 11.6 Å². The highest BCUT2D eigenvalue weighted by Crippen LogP contribution is 2.34. The molecule has 0 atom stereocenters. The second-order valence-corrected chi connectivity index (χ2v) is 8.26. The van der Waals surface area contributed by atoms with Crippen LogP contribution in [0, 0.1) is 0 Å². The number of methoxy groups -OCH3 is 1. The SMILES string of the molecule is CNC(=O)c1ccccc1Nc1cc(Nc2ccc(N3CCCCC3)cc2OC)ncc1Cl. The van der Waals surface area contributed by atoms with Gasteiger partial charge in [0.25, 0.3) is 5.91 Å². The van der Waals surface area contributed by atoms with Gasteiger partial charge in [0, 0.05) is 38.0 Å². The van der Waals surface area contributed by atoms with Gasteiger partial charge in [0.2, 0.25) is 0 Å². The van der Waals surface area contributed by atoms with E-state index in [9.17, 15) is 4.79 Å². The minimum Gasteiger partial charge on any atom is -0.494 e. The lowest BCUT2D eigenvalue weighted by atomic mass is 10.1. The van der Waals surface area contributed by atoms with Crippen LogP contribution in [0.25, 0.3) is 0 Å². The number of benzene rings is 2. The Morgan fingerprint density at radius 3 is 2.55 bits per heavy atom. The second kappa shape index (κ2) is 10.4. The van der Waals surface area contributed by atoms with E-state index in [1.165, 1.54) is 19.3 Å². The lowest BCUT2D eigenvalue weighted by Crippen LogP contribution is -2.29. The number of hydrogen-bond donors (Lipinski definition) is 3. The summed E-state index contributed by atoms with van der Waals surface area (Å²) >= 11 is 6.40. The zero-order chi connectivity index (χ0) is 23.2. The van der Waals surface area contributed by atoms with Crippen LogP contribution in [-0.4, -0.2) is 38.1 Å². The van der Waals surface area contributed by atoms with Crippen molar-refractivity contribution in [1.82, 2.24) is 10.3 Å². The van der Waals surface area contributed by atoms with Gasteiger partial charge in [0.05, 0.1) is 41.0 Å². The quantitative estimate of drug-likeness (QED) is 0.422. The molecular weight excluding hydrogens is 438 g/mol. The van der Waals surface area contributed by atoms with E-state index < -0.39 is 0 Å². The maximum absolute atomic E-state index is 12.2. The van der Waals surface area contributed by atoms with Crippen LogP contribution < -0.4 is 25.6 Å². The van der Waals surface area contributed by atoms with E-state index >= 15 is 0 Å². The van der Waals surface area contributed by atoms with Gasteiger partial charge in [-0.3, -0.25) is 4.79 Å². The molecule has 3 aromatic rings. The van der Waals surface area contributed by atoms with Crippen molar-refractivity contribution in [3.05, 3.63) is 65.3 Å². The maximum Gasteiger partial charge on any atom is 0.253 e. The molecular formula is C25H28ClN5O2. The Bertz CT molecular complexity index is 1130. The van der Waals surface area contributed by atoms with E-state index in [1.54, 1.807) is 32.5 Å². The largest absolute Gasteiger partial charge is 0.494 e. The summed E-state index contributed by atoms with van der Waals surface area (Å²) in [6.45, 7) is 2.14. The number of anilines is 5. The molecule has 33 heavy (non-hydrogen) atoms. The Morgan fingerprint density at radius 2 is 1.79 bits per heavy atom. The molecule has 2 aromatic carbocycles. The number of aromatic nitrogens is 1. The fourth-order valence-electron chi connectivity index (χ4n) is 3.94. The summed E-state index contributed by atoms with van der Waals surface area (Å²) in [5, 5.41) is 9.67. The van der Waals surface area contributed by atoms with Crippen molar-refractivity contribution in [1.29, 1.82) is 0 Å². The monoisotopic (exact) mass is 465 g/mol. The number of amides is 1. The Kier molecular flexibility index (Phi) is 7.19. The normalized spacial score (nSPS) is 13.4. The van der Waals surface area contributed by atoms with Gasteiger partial charge >= 0.3 is 0 Å². The molecule has 1 fully saturated rings. The molecule has 0 bridgehead atoms. The second-order valence-electron chi connectivity index (χ2n) is 7.86. The average molecular weight is 466 g/mol. The van der Waals surface area contributed by atoms with Crippen molar-refractivity contribution < 1.29 is 9.53 Å². The first-order valence-electron chi connectivity index (χ1n) is 11.0. The van der Waals surface area contributed by atoms with Crippen molar-refractivity contribution in [3.8, 4) is 5.75 Å². The van der Waals surface area contributed by atoms with Crippen molar-refractivity contribution in [2.75, 3.05) is 42.8 Å². The topological polar surface area (TPSA) is 78.5 Å². The standard InChI is InChI=1S/C25H28ClN5O2/c1-27-25(32)18-8-4-5-9-20(18)29-22-15-24(28-16-19(22)26)30-21-11-10-17(14-23(21)33-2)31-12-6-3-7-13-31/h4-5,8-11,14-16H,3,6-7,12-13H2,1-2H3,(H,27,32)(H2,28,29,30). The highest BCUT2D eigenvalue weighted by molar-refractivity contribution is 6.33. The van der Waals surface area contributed by atoms with E-state index in [4.69, 9.17) is 16.3 Å². The van der Waals surface area contributed by atoms with E-state index in [-0.39, 0.29) is 5.91 Å². The van der Waals surface area contributed by atoms with Crippen LogP contribution in [-0.2, 0) is 0 Å². The molecule has 0 radical (unpaired) electrons. The Morgan fingerprint density at radius 1 is 1.00 bits per heavy atom. The van der Waals surface area contributed by atoms with Crippen molar-refractivity contribution >= 4 is 46.1 Å². The first-order valence-corrected chi connectivity index (χ1v) is 11.4. The molecule has 1 aliphatic rings. The van der Waals surface area contributed by atoms with Crippen molar-refractivity contribution in [2.45, 2.75) is 19.3 Å². The van der Waals surface area contributed by atoms with Crippen LogP contribution in [0.15, 0.2) is 54.7 Å². The summed E-state index contributed by atoms with van der Waals surface area (Å²) in [5.74, 6) is 1.16. The predicted octanol–water partition coefficient (Wildman–Crippen LogP) is 5.58. The fraction of sp³-hybridized carbons (Fsp3) is 0.280. The molecule has 3 N–H and O–H groups in total. The van der Waals surface area contributed by atoms with Gasteiger partial charge in [-0.1, -0.05) is 23.7 Å². The van der Waals surface area contributed by atoms with Gasteiger partial charge in [-0.05, 0) is 43.5 Å². The van der Waals surface area contributed by atoms with Crippen LogP contribution in [0.4, 0.5) is 28.6 Å². The third-order valence-corrected chi connectivity index (χ3v) is 5.99. The molecule has 1 amide bonds. The molecule has 0 unspecified atom stereocenters. The minimum atomic E-state index is -0.180. The Hall–Kier alpha value is -3.45. The molecule has 1 saturated heterocycles. The Balaban J connectivity index is 1.57. The number of carbonyl (C=O) groups excluding carboxylic acids is 1. The molecule has 0 aliphatic carbocycles. The van der Waals surface area contributed by atoms with Gasteiger partial charge in [0.15, 0.2) is 0 Å². The first kappa shape index (κ1) is 22.7. The lowest BCUT2D eigenvalue weighted by molar-refractivity contribution is 0.0964. The highest BCUT2D eigenvalue weighted by atomic mass is 35.5. The number of carbonyl (C=O) groups is 1. The number of nitrogens with one attached hydrogen (secondary N) is 3. The number of para-hydroxylation sites is 1. The number of ether oxygens (including phenoxy) is 1. The van der Waals surface area contributed by atoms with Gasteiger partial charge in [-0.15, -0.1) is 0 Å². The van der Waals surface area contributed by atoms with Gasteiger partial charge < -0.3 is 25.6 Å². The molecule has 0 saturated carbocycles. The number of rotatable bonds is 7. The zero-order valence-electron chi connectivity index (χ0n) is 18.8. The summed E-state index contributed by atoms with van der Waals surface area (Å²) in [5.41, 5.74) is 3.78. The van der Waals surface area contributed by atoms with E-state index in [1.807, 2.05) is 24.3 Å². The van der Waals surface area contributed by atoms with Crippen LogP contribution in [0.3, 0.4) is 0 Å². The number of nitrogens with zero attached hydrogens (tertiary/aromatic N) is 2. The van der Waals surface area contributed by atoms with Gasteiger partial charge in [-0.2, -0.15) is 0 Å².